The first-order valence-corrected chi connectivity index (χ1v) is 16.4. The van der Waals surface area contributed by atoms with E-state index in [2.05, 4.69) is 51.8 Å². The molecule has 0 saturated heterocycles. The molecule has 4 aromatic rings. The molecule has 3 aliphatic rings. The van der Waals surface area contributed by atoms with Gasteiger partial charge in [0.25, 0.3) is 15.9 Å². The molecule has 1 aliphatic heterocycles. The predicted molar refractivity (Wildman–Crippen MR) is 168 cm³/mol. The van der Waals surface area contributed by atoms with Gasteiger partial charge in [-0.25, -0.2) is 8.42 Å². The average molecular weight is 619 g/mol. The Bertz CT molecular complexity index is 1780. The first-order chi connectivity index (χ1) is 20.3. The van der Waals surface area contributed by atoms with E-state index < -0.39 is 10.0 Å². The molecule has 1 amide bonds. The van der Waals surface area contributed by atoms with Crippen molar-refractivity contribution in [3.63, 3.8) is 0 Å². The van der Waals surface area contributed by atoms with Gasteiger partial charge in [0, 0.05) is 22.0 Å². The highest BCUT2D eigenvalue weighted by molar-refractivity contribution is 7.92. The minimum Gasteiger partial charge on any atom is -0.378 e. The van der Waals surface area contributed by atoms with Crippen LogP contribution in [0.3, 0.4) is 0 Å². The maximum atomic E-state index is 13.3. The van der Waals surface area contributed by atoms with Gasteiger partial charge in [0.05, 0.1) is 21.6 Å². The number of sulfonamides is 1. The van der Waals surface area contributed by atoms with Crippen molar-refractivity contribution >= 4 is 56.2 Å². The predicted octanol–water partition coefficient (Wildman–Crippen LogP) is 8.34. The number of rotatable bonds is 6. The minimum atomic E-state index is -3.89. The molecule has 2 aliphatic carbocycles. The number of benzene rings is 4. The molecule has 4 aromatic carbocycles. The van der Waals surface area contributed by atoms with Crippen LogP contribution in [0.2, 0.25) is 10.0 Å². The molecule has 2 saturated carbocycles. The highest BCUT2D eigenvalue weighted by Gasteiger charge is 2.53. The number of carbonyl (C=O) groups is 1. The standard InChI is InChI=1S/C33H29Cl2N3O3S/c34-23-9-15-29(27(35)18-23)38-42(40,41)25-12-10-24(11-13-25)36-33(39)22-8-14-28-26(17-22)30-20-6-7-21(16-20)31(30)32(37-28)19-4-2-1-3-5-19/h1-5,8-15,17-18,20-21,30-32,37-38H,6-7,16H2,(H,36,39)/t20-,21-,30-,31+,32-/m0/s1. The number of anilines is 3. The van der Waals surface area contributed by atoms with Gasteiger partial charge in [0.2, 0.25) is 0 Å². The Labute approximate surface area is 255 Å². The topological polar surface area (TPSA) is 87.3 Å². The molecule has 2 bridgehead atoms. The van der Waals surface area contributed by atoms with Crippen LogP contribution >= 0.6 is 23.2 Å². The summed E-state index contributed by atoms with van der Waals surface area (Å²) in [5.74, 6) is 2.07. The fourth-order valence-corrected chi connectivity index (χ4v) is 8.91. The van der Waals surface area contributed by atoms with Crippen LogP contribution in [0.1, 0.15) is 52.7 Å². The van der Waals surface area contributed by atoms with Crippen molar-refractivity contribution in [1.82, 2.24) is 0 Å². The van der Waals surface area contributed by atoms with E-state index in [0.717, 1.165) is 5.69 Å². The van der Waals surface area contributed by atoms with Crippen molar-refractivity contribution < 1.29 is 13.2 Å². The van der Waals surface area contributed by atoms with Gasteiger partial charge in [-0.15, -0.1) is 0 Å². The van der Waals surface area contributed by atoms with Gasteiger partial charge in [-0.05, 0) is 115 Å². The summed E-state index contributed by atoms with van der Waals surface area (Å²) in [4.78, 5) is 13.4. The second-order valence-electron chi connectivity index (χ2n) is 11.5. The molecule has 2 fully saturated rings. The van der Waals surface area contributed by atoms with Crippen LogP contribution in [0.25, 0.3) is 0 Å². The van der Waals surface area contributed by atoms with Crippen molar-refractivity contribution in [1.29, 1.82) is 0 Å². The Hall–Kier alpha value is -3.52. The van der Waals surface area contributed by atoms with E-state index in [1.807, 2.05) is 12.1 Å². The molecule has 9 heteroatoms. The lowest BCUT2D eigenvalue weighted by Crippen LogP contribution is -2.35. The largest absolute Gasteiger partial charge is 0.378 e. The van der Waals surface area contributed by atoms with Crippen LogP contribution in [-0.2, 0) is 10.0 Å². The van der Waals surface area contributed by atoms with Gasteiger partial charge >= 0.3 is 0 Å². The van der Waals surface area contributed by atoms with E-state index in [-0.39, 0.29) is 27.6 Å². The number of carbonyl (C=O) groups excluding carboxylic acids is 1. The Balaban J connectivity index is 1.10. The van der Waals surface area contributed by atoms with Crippen LogP contribution in [0.5, 0.6) is 0 Å². The molecule has 3 N–H and O–H groups in total. The van der Waals surface area contributed by atoms with E-state index in [1.54, 1.807) is 18.2 Å². The quantitative estimate of drug-likeness (QED) is 0.203. The summed E-state index contributed by atoms with van der Waals surface area (Å²) in [6.45, 7) is 0. The summed E-state index contributed by atoms with van der Waals surface area (Å²) in [5, 5.41) is 7.35. The van der Waals surface area contributed by atoms with Crippen LogP contribution in [-0.4, -0.2) is 14.3 Å². The van der Waals surface area contributed by atoms with Gasteiger partial charge in [-0.3, -0.25) is 9.52 Å². The number of hydrogen-bond acceptors (Lipinski definition) is 4. The van der Waals surface area contributed by atoms with Crippen molar-refractivity contribution in [3.8, 4) is 0 Å². The fraction of sp³-hybridized carbons (Fsp3) is 0.242. The van der Waals surface area contributed by atoms with Crippen LogP contribution < -0.4 is 15.4 Å². The van der Waals surface area contributed by atoms with Crippen molar-refractivity contribution in [2.24, 2.45) is 17.8 Å². The molecule has 6 nitrogen and oxygen atoms in total. The van der Waals surface area contributed by atoms with Crippen LogP contribution in [0, 0.1) is 17.8 Å². The lowest BCUT2D eigenvalue weighted by molar-refractivity contribution is 0.102. The zero-order chi connectivity index (χ0) is 29.0. The minimum absolute atomic E-state index is 0.0432. The van der Waals surface area contributed by atoms with Gasteiger partial charge in [-0.1, -0.05) is 53.5 Å². The highest BCUT2D eigenvalue weighted by Crippen LogP contribution is 2.63. The second kappa shape index (κ2) is 10.6. The first-order valence-electron chi connectivity index (χ1n) is 14.1. The van der Waals surface area contributed by atoms with E-state index in [0.29, 0.717) is 39.9 Å². The first kappa shape index (κ1) is 27.3. The van der Waals surface area contributed by atoms with Crippen molar-refractivity contribution in [2.75, 3.05) is 15.4 Å². The SMILES string of the molecule is O=C(Nc1ccc(S(=O)(=O)Nc2ccc(Cl)cc2Cl)cc1)c1ccc2c(c1)[C@@H]1[C@H]3CC[C@@H](C3)[C@H]1[C@H](c1ccccc1)N2. The molecule has 0 radical (unpaired) electrons. The molecule has 0 unspecified atom stereocenters. The maximum Gasteiger partial charge on any atom is 0.261 e. The van der Waals surface area contributed by atoms with E-state index >= 15 is 0 Å². The third kappa shape index (κ3) is 4.93. The third-order valence-electron chi connectivity index (χ3n) is 9.11. The zero-order valence-corrected chi connectivity index (χ0v) is 24.9. The Morgan fingerprint density at radius 1 is 0.857 bits per heavy atom. The van der Waals surface area contributed by atoms with E-state index in [4.69, 9.17) is 23.2 Å². The van der Waals surface area contributed by atoms with E-state index in [1.165, 1.54) is 54.7 Å². The van der Waals surface area contributed by atoms with Crippen LogP contribution in [0.4, 0.5) is 17.1 Å². The molecule has 0 spiro atoms. The number of amides is 1. The summed E-state index contributed by atoms with van der Waals surface area (Å²) in [6, 6.07) is 27.5. The normalized spacial score (nSPS) is 23.9. The zero-order valence-electron chi connectivity index (χ0n) is 22.6. The summed E-state index contributed by atoms with van der Waals surface area (Å²) < 4.78 is 28.3. The summed E-state index contributed by atoms with van der Waals surface area (Å²) in [5.41, 5.74) is 4.99. The molecule has 5 atom stereocenters. The molecule has 42 heavy (non-hydrogen) atoms. The summed E-state index contributed by atoms with van der Waals surface area (Å²) >= 11 is 12.0. The molecular weight excluding hydrogens is 589 g/mol. The number of halogens is 2. The highest BCUT2D eigenvalue weighted by atomic mass is 35.5. The maximum absolute atomic E-state index is 13.3. The molecule has 214 valence electrons. The van der Waals surface area contributed by atoms with E-state index in [9.17, 15) is 13.2 Å². The molecule has 0 aromatic heterocycles. The van der Waals surface area contributed by atoms with Crippen LogP contribution in [0.15, 0.2) is 95.9 Å². The summed E-state index contributed by atoms with van der Waals surface area (Å²) in [6.07, 6.45) is 3.78. The third-order valence-corrected chi connectivity index (χ3v) is 11.0. The number of fused-ring (bicyclic) bond motifs is 7. The van der Waals surface area contributed by atoms with Gasteiger partial charge in [-0.2, -0.15) is 0 Å². The number of hydrogen-bond donors (Lipinski definition) is 3. The monoisotopic (exact) mass is 617 g/mol. The summed E-state index contributed by atoms with van der Waals surface area (Å²) in [7, 11) is -3.89. The Morgan fingerprint density at radius 2 is 1.62 bits per heavy atom. The smallest absolute Gasteiger partial charge is 0.261 e. The van der Waals surface area contributed by atoms with Crippen molar-refractivity contribution in [3.05, 3.63) is 118 Å². The Morgan fingerprint density at radius 3 is 2.38 bits per heavy atom. The molecule has 7 rings (SSSR count). The van der Waals surface area contributed by atoms with Gasteiger partial charge in [0.1, 0.15) is 0 Å². The molecular formula is C33H29Cl2N3O3S. The van der Waals surface area contributed by atoms with Crippen molar-refractivity contribution in [2.45, 2.75) is 36.1 Å². The lowest BCUT2D eigenvalue weighted by Gasteiger charge is -2.43. The lowest BCUT2D eigenvalue weighted by atomic mass is 9.68. The average Bonchev–Trinajstić information content (AvgIpc) is 3.62. The van der Waals surface area contributed by atoms with Gasteiger partial charge < -0.3 is 10.6 Å². The van der Waals surface area contributed by atoms with Gasteiger partial charge in [0.15, 0.2) is 0 Å². The second-order valence-corrected chi connectivity index (χ2v) is 14.0. The molecule has 1 heterocycles. The fourth-order valence-electron chi connectivity index (χ4n) is 7.31. The Kier molecular flexibility index (Phi) is 6.92. The number of nitrogens with one attached hydrogen (secondary N) is 3.